The first kappa shape index (κ1) is 16.9. The van der Waals surface area contributed by atoms with Gasteiger partial charge in [-0.25, -0.2) is 4.98 Å². The van der Waals surface area contributed by atoms with Crippen LogP contribution in [0, 0.1) is 5.13 Å². The Bertz CT molecular complexity index is 1520. The summed E-state index contributed by atoms with van der Waals surface area (Å²) in [5, 5.41) is 8.10. The first-order valence-electron chi connectivity index (χ1n) is 9.11. The van der Waals surface area contributed by atoms with Gasteiger partial charge in [0.2, 0.25) is 0 Å². The van der Waals surface area contributed by atoms with Crippen molar-refractivity contribution in [3.63, 3.8) is 0 Å². The average Bonchev–Trinajstić information content (AvgIpc) is 3.51. The Hall–Kier alpha value is -3.98. The van der Waals surface area contributed by atoms with Crippen molar-refractivity contribution in [2.45, 2.75) is 0 Å². The van der Waals surface area contributed by atoms with E-state index in [1.54, 1.807) is 30.9 Å². The van der Waals surface area contributed by atoms with Gasteiger partial charge in [-0.3, -0.25) is 20.1 Å². The molecule has 0 fully saturated rings. The van der Waals surface area contributed by atoms with Crippen LogP contribution in [0.15, 0.2) is 61.2 Å². The molecule has 0 bridgehead atoms. The molecule has 1 aromatic carbocycles. The van der Waals surface area contributed by atoms with Crippen LogP contribution in [0.25, 0.3) is 55.3 Å². The topological polar surface area (TPSA) is 96.0 Å². The molecule has 0 atom stereocenters. The number of imidazole rings is 1. The highest BCUT2D eigenvalue weighted by molar-refractivity contribution is 7.14. The van der Waals surface area contributed by atoms with Gasteiger partial charge in [0.05, 0.1) is 34.6 Å². The zero-order valence-corrected chi connectivity index (χ0v) is 16.1. The van der Waals surface area contributed by atoms with E-state index in [0.717, 1.165) is 43.7 Å². The van der Waals surface area contributed by atoms with Crippen molar-refractivity contribution in [2.24, 2.45) is 0 Å². The summed E-state index contributed by atoms with van der Waals surface area (Å²) in [5.74, 6) is 0.622. The number of thiophene rings is 1. The van der Waals surface area contributed by atoms with E-state index < -0.39 is 0 Å². The SMILES string of the molecule is Fc1ccc(-c2cccc3[nH]c(-c4n[nH]c5cnc(-c6cnccn6)cc45)nc23)s1. The minimum atomic E-state index is -0.222. The molecule has 2 N–H and O–H groups in total. The fourth-order valence-corrected chi connectivity index (χ4v) is 4.23. The second-order valence-electron chi connectivity index (χ2n) is 6.67. The second-order valence-corrected chi connectivity index (χ2v) is 7.70. The predicted molar refractivity (Wildman–Crippen MR) is 113 cm³/mol. The molecular formula is C21H12FN7S. The minimum Gasteiger partial charge on any atom is -0.337 e. The number of hydrogen-bond acceptors (Lipinski definition) is 6. The van der Waals surface area contributed by atoms with Gasteiger partial charge in [0.15, 0.2) is 11.0 Å². The molecule has 0 saturated heterocycles. The Labute approximate surface area is 172 Å². The molecule has 30 heavy (non-hydrogen) atoms. The van der Waals surface area contributed by atoms with Gasteiger partial charge in [0.25, 0.3) is 0 Å². The fraction of sp³-hybridized carbons (Fsp3) is 0. The van der Waals surface area contributed by atoms with Crippen molar-refractivity contribution in [1.29, 1.82) is 0 Å². The van der Waals surface area contributed by atoms with E-state index in [9.17, 15) is 4.39 Å². The Morgan fingerprint density at radius 3 is 2.73 bits per heavy atom. The van der Waals surface area contributed by atoms with Crippen LogP contribution in [-0.4, -0.2) is 35.1 Å². The van der Waals surface area contributed by atoms with Crippen LogP contribution in [0.1, 0.15) is 0 Å². The molecule has 0 radical (unpaired) electrons. The lowest BCUT2D eigenvalue weighted by Crippen LogP contribution is -1.88. The van der Waals surface area contributed by atoms with Crippen LogP contribution >= 0.6 is 11.3 Å². The van der Waals surface area contributed by atoms with E-state index in [0.29, 0.717) is 22.9 Å². The number of hydrogen-bond donors (Lipinski definition) is 2. The van der Waals surface area contributed by atoms with E-state index in [-0.39, 0.29) is 5.13 Å². The van der Waals surface area contributed by atoms with Crippen molar-refractivity contribution in [3.8, 4) is 33.3 Å². The van der Waals surface area contributed by atoms with E-state index in [4.69, 9.17) is 4.98 Å². The van der Waals surface area contributed by atoms with Crippen LogP contribution in [-0.2, 0) is 0 Å². The van der Waals surface area contributed by atoms with Crippen molar-refractivity contribution in [1.82, 2.24) is 35.1 Å². The lowest BCUT2D eigenvalue weighted by atomic mass is 10.1. The molecule has 0 aliphatic heterocycles. The van der Waals surface area contributed by atoms with Crippen LogP contribution in [0.5, 0.6) is 0 Å². The van der Waals surface area contributed by atoms with E-state index in [2.05, 4.69) is 30.1 Å². The van der Waals surface area contributed by atoms with E-state index >= 15 is 0 Å². The summed E-state index contributed by atoms with van der Waals surface area (Å²) < 4.78 is 13.6. The number of nitrogens with zero attached hydrogens (tertiary/aromatic N) is 5. The first-order chi connectivity index (χ1) is 14.8. The summed E-state index contributed by atoms with van der Waals surface area (Å²) in [7, 11) is 0. The minimum absolute atomic E-state index is 0.222. The van der Waals surface area contributed by atoms with Crippen molar-refractivity contribution in [2.75, 3.05) is 0 Å². The number of halogens is 1. The van der Waals surface area contributed by atoms with E-state index in [1.807, 2.05) is 24.3 Å². The molecule has 9 heteroatoms. The molecule has 0 amide bonds. The Balaban J connectivity index is 1.52. The maximum atomic E-state index is 13.6. The molecular weight excluding hydrogens is 401 g/mol. The fourth-order valence-electron chi connectivity index (χ4n) is 3.47. The van der Waals surface area contributed by atoms with Gasteiger partial charge in [0, 0.05) is 28.2 Å². The predicted octanol–water partition coefficient (Wildman–Crippen LogP) is 4.83. The lowest BCUT2D eigenvalue weighted by Gasteiger charge is -1.99. The largest absolute Gasteiger partial charge is 0.337 e. The van der Waals surface area contributed by atoms with Gasteiger partial charge in [-0.15, -0.1) is 11.3 Å². The Morgan fingerprint density at radius 2 is 1.90 bits per heavy atom. The summed E-state index contributed by atoms with van der Waals surface area (Å²) in [4.78, 5) is 21.8. The number of para-hydroxylation sites is 1. The van der Waals surface area contributed by atoms with Crippen LogP contribution in [0.3, 0.4) is 0 Å². The number of rotatable bonds is 3. The summed E-state index contributed by atoms with van der Waals surface area (Å²) in [6.07, 6.45) is 6.64. The molecule has 0 unspecified atom stereocenters. The lowest BCUT2D eigenvalue weighted by molar-refractivity contribution is 0.657. The summed E-state index contributed by atoms with van der Waals surface area (Å²) >= 11 is 1.10. The van der Waals surface area contributed by atoms with Gasteiger partial charge in [-0.2, -0.15) is 9.49 Å². The molecule has 6 rings (SSSR count). The van der Waals surface area contributed by atoms with Crippen LogP contribution in [0.4, 0.5) is 4.39 Å². The third-order valence-corrected chi connectivity index (χ3v) is 5.76. The van der Waals surface area contributed by atoms with Crippen LogP contribution in [0.2, 0.25) is 0 Å². The zero-order valence-electron chi connectivity index (χ0n) is 15.3. The summed E-state index contributed by atoms with van der Waals surface area (Å²) in [5.41, 5.74) is 5.35. The molecule has 6 aromatic rings. The molecule has 0 aliphatic carbocycles. The Kier molecular flexibility index (Phi) is 3.68. The highest BCUT2D eigenvalue weighted by Crippen LogP contribution is 2.34. The van der Waals surface area contributed by atoms with Crippen LogP contribution < -0.4 is 0 Å². The van der Waals surface area contributed by atoms with Gasteiger partial charge >= 0.3 is 0 Å². The van der Waals surface area contributed by atoms with Crippen molar-refractivity contribution in [3.05, 3.63) is 66.3 Å². The third kappa shape index (κ3) is 2.67. The number of nitrogens with one attached hydrogen (secondary N) is 2. The molecule has 5 aromatic heterocycles. The first-order valence-corrected chi connectivity index (χ1v) is 9.93. The maximum absolute atomic E-state index is 13.6. The number of aromatic amines is 2. The summed E-state index contributed by atoms with van der Waals surface area (Å²) in [6.45, 7) is 0. The normalized spacial score (nSPS) is 11.5. The maximum Gasteiger partial charge on any atom is 0.176 e. The molecule has 0 spiro atoms. The highest BCUT2D eigenvalue weighted by atomic mass is 32.1. The number of fused-ring (bicyclic) bond motifs is 2. The average molecular weight is 413 g/mol. The molecule has 144 valence electrons. The van der Waals surface area contributed by atoms with E-state index in [1.165, 1.54) is 6.07 Å². The molecule has 0 aliphatic rings. The van der Waals surface area contributed by atoms with Gasteiger partial charge in [0.1, 0.15) is 11.4 Å². The Morgan fingerprint density at radius 1 is 0.933 bits per heavy atom. The third-order valence-electron chi connectivity index (χ3n) is 4.85. The standard InChI is InChI=1S/C21H12FN7S/c22-18-5-4-17(30-18)11-2-1-3-13-19(11)27-21(26-13)20-12-8-14(16-9-23-6-7-24-16)25-10-15(12)28-29-20/h1-10H,(H,26,27)(H,28,29). The zero-order chi connectivity index (χ0) is 20.1. The number of pyridine rings is 1. The molecule has 5 heterocycles. The number of H-pyrrole nitrogens is 2. The second kappa shape index (κ2) is 6.53. The van der Waals surface area contributed by atoms with Gasteiger partial charge in [-0.1, -0.05) is 12.1 Å². The van der Waals surface area contributed by atoms with Crippen molar-refractivity contribution < 1.29 is 4.39 Å². The smallest absolute Gasteiger partial charge is 0.176 e. The molecule has 0 saturated carbocycles. The quantitative estimate of drug-likeness (QED) is 0.433. The van der Waals surface area contributed by atoms with Gasteiger partial charge in [-0.05, 0) is 24.3 Å². The monoisotopic (exact) mass is 413 g/mol. The molecule has 7 nitrogen and oxygen atoms in total. The number of aromatic nitrogens is 7. The van der Waals surface area contributed by atoms with Gasteiger partial charge < -0.3 is 4.98 Å². The highest BCUT2D eigenvalue weighted by Gasteiger charge is 2.17. The number of benzene rings is 1. The summed E-state index contributed by atoms with van der Waals surface area (Å²) in [6, 6.07) is 11.0. The van der Waals surface area contributed by atoms with Crippen molar-refractivity contribution >= 4 is 33.3 Å².